The number of rotatable bonds is 4. The zero-order valence-corrected chi connectivity index (χ0v) is 11.2. The topological polar surface area (TPSA) is 55.5 Å². The van der Waals surface area contributed by atoms with Crippen LogP contribution in [0.3, 0.4) is 0 Å². The summed E-state index contributed by atoms with van der Waals surface area (Å²) in [6, 6.07) is 0. The summed E-state index contributed by atoms with van der Waals surface area (Å²) in [5.41, 5.74) is 5.90. The van der Waals surface area contributed by atoms with Crippen LogP contribution in [0, 0.1) is 11.3 Å². The third kappa shape index (κ3) is 2.51. The zero-order valence-electron chi connectivity index (χ0n) is 11.2. The van der Waals surface area contributed by atoms with Crippen LogP contribution in [0.2, 0.25) is 0 Å². The van der Waals surface area contributed by atoms with Crippen LogP contribution >= 0.6 is 0 Å². The molecule has 3 heteroatoms. The Bertz CT molecular complexity index is 259. The Morgan fingerprint density at radius 3 is 2.65 bits per heavy atom. The minimum atomic E-state index is -0.367. The lowest BCUT2D eigenvalue weighted by Gasteiger charge is -2.36. The maximum absolute atomic E-state index is 10.6. The molecule has 1 saturated heterocycles. The molecule has 1 aliphatic carbocycles. The van der Waals surface area contributed by atoms with Crippen molar-refractivity contribution in [2.45, 2.75) is 70.7 Å². The fourth-order valence-electron chi connectivity index (χ4n) is 3.65. The van der Waals surface area contributed by atoms with Crippen LogP contribution in [0.1, 0.15) is 52.4 Å². The maximum Gasteiger partial charge on any atom is 0.0870 e. The number of hydrogen-bond acceptors (Lipinski definition) is 3. The van der Waals surface area contributed by atoms with Crippen molar-refractivity contribution in [3.8, 4) is 0 Å². The summed E-state index contributed by atoms with van der Waals surface area (Å²) in [5.74, 6) is 0.743. The Morgan fingerprint density at radius 1 is 1.41 bits per heavy atom. The molecule has 0 bridgehead atoms. The van der Waals surface area contributed by atoms with Crippen molar-refractivity contribution in [1.82, 2.24) is 0 Å². The largest absolute Gasteiger partial charge is 0.390 e. The zero-order chi connectivity index (χ0) is 12.5. The van der Waals surface area contributed by atoms with Gasteiger partial charge in [0.15, 0.2) is 0 Å². The highest BCUT2D eigenvalue weighted by Gasteiger charge is 2.47. The lowest BCUT2D eigenvalue weighted by Crippen LogP contribution is -2.46. The summed E-state index contributed by atoms with van der Waals surface area (Å²) < 4.78 is 5.83. The van der Waals surface area contributed by atoms with E-state index in [4.69, 9.17) is 10.5 Å². The third-order valence-electron chi connectivity index (χ3n) is 4.97. The van der Waals surface area contributed by atoms with Crippen molar-refractivity contribution in [1.29, 1.82) is 0 Å². The molecule has 3 nitrogen and oxygen atoms in total. The van der Waals surface area contributed by atoms with Crippen LogP contribution in [0.4, 0.5) is 0 Å². The van der Waals surface area contributed by atoms with Crippen LogP contribution in [-0.2, 0) is 4.74 Å². The van der Waals surface area contributed by atoms with E-state index < -0.39 is 0 Å². The molecule has 5 atom stereocenters. The lowest BCUT2D eigenvalue weighted by atomic mass is 9.76. The van der Waals surface area contributed by atoms with E-state index in [1.165, 1.54) is 12.8 Å². The normalized spacial score (nSPS) is 44.1. The molecule has 2 rings (SSSR count). The summed E-state index contributed by atoms with van der Waals surface area (Å²) >= 11 is 0. The highest BCUT2D eigenvalue weighted by atomic mass is 16.5. The molecule has 17 heavy (non-hydrogen) atoms. The van der Waals surface area contributed by atoms with Gasteiger partial charge in [0.1, 0.15) is 0 Å². The fraction of sp³-hybridized carbons (Fsp3) is 1.00. The smallest absolute Gasteiger partial charge is 0.0870 e. The van der Waals surface area contributed by atoms with Crippen LogP contribution in [0.15, 0.2) is 0 Å². The Hall–Kier alpha value is -0.120. The standard InChI is InChI=1S/C14H27NO2/c1-3-11-6-7-14(8-11,9-15)13(16)12-5-4-10(2)17-12/h10-13,16H,3-9,15H2,1-2H3. The van der Waals surface area contributed by atoms with E-state index >= 15 is 0 Å². The first-order chi connectivity index (χ1) is 8.11. The minimum absolute atomic E-state index is 0.0177. The SMILES string of the molecule is CCC1CCC(CN)(C(O)C2CCC(C)O2)C1. The van der Waals surface area contributed by atoms with Gasteiger partial charge in [-0.05, 0) is 44.9 Å². The molecule has 0 spiro atoms. The van der Waals surface area contributed by atoms with Crippen molar-refractivity contribution in [2.75, 3.05) is 6.54 Å². The van der Waals surface area contributed by atoms with Crippen LogP contribution in [0.25, 0.3) is 0 Å². The van der Waals surface area contributed by atoms with E-state index in [1.807, 2.05) is 0 Å². The first-order valence-electron chi connectivity index (χ1n) is 7.15. The summed E-state index contributed by atoms with van der Waals surface area (Å²) in [7, 11) is 0. The first kappa shape index (κ1) is 13.3. The molecular formula is C14H27NO2. The van der Waals surface area contributed by atoms with Gasteiger partial charge in [-0.15, -0.1) is 0 Å². The van der Waals surface area contributed by atoms with Crippen molar-refractivity contribution >= 4 is 0 Å². The molecule has 0 aromatic heterocycles. The molecule has 3 N–H and O–H groups in total. The quantitative estimate of drug-likeness (QED) is 0.792. The van der Waals surface area contributed by atoms with E-state index in [-0.39, 0.29) is 17.6 Å². The van der Waals surface area contributed by atoms with Gasteiger partial charge in [-0.25, -0.2) is 0 Å². The first-order valence-corrected chi connectivity index (χ1v) is 7.15. The molecule has 1 heterocycles. The molecule has 2 fully saturated rings. The monoisotopic (exact) mass is 241 g/mol. The highest BCUT2D eigenvalue weighted by Crippen LogP contribution is 2.47. The van der Waals surface area contributed by atoms with Gasteiger partial charge in [0.2, 0.25) is 0 Å². The minimum Gasteiger partial charge on any atom is -0.390 e. The van der Waals surface area contributed by atoms with Crippen molar-refractivity contribution in [3.63, 3.8) is 0 Å². The van der Waals surface area contributed by atoms with E-state index in [1.54, 1.807) is 0 Å². The third-order valence-corrected chi connectivity index (χ3v) is 4.97. The fourth-order valence-corrected chi connectivity index (χ4v) is 3.65. The summed E-state index contributed by atoms with van der Waals surface area (Å²) in [4.78, 5) is 0. The van der Waals surface area contributed by atoms with Crippen molar-refractivity contribution in [3.05, 3.63) is 0 Å². The second kappa shape index (κ2) is 5.25. The molecule has 100 valence electrons. The second-order valence-corrected chi connectivity index (χ2v) is 6.09. The van der Waals surface area contributed by atoms with Crippen LogP contribution < -0.4 is 5.73 Å². The van der Waals surface area contributed by atoms with E-state index in [9.17, 15) is 5.11 Å². The van der Waals surface area contributed by atoms with Gasteiger partial charge in [0, 0.05) is 12.0 Å². The Morgan fingerprint density at radius 2 is 2.18 bits per heavy atom. The number of ether oxygens (including phenoxy) is 1. The summed E-state index contributed by atoms with van der Waals surface area (Å²) in [5, 5.41) is 10.6. The molecule has 0 aromatic carbocycles. The predicted molar refractivity (Wildman–Crippen MR) is 68.7 cm³/mol. The number of nitrogens with two attached hydrogens (primary N) is 1. The molecule has 0 aromatic rings. The number of aliphatic hydroxyl groups is 1. The van der Waals surface area contributed by atoms with E-state index in [0.717, 1.165) is 31.6 Å². The van der Waals surface area contributed by atoms with Gasteiger partial charge in [-0.1, -0.05) is 13.3 Å². The Kier molecular flexibility index (Phi) is 4.11. The summed E-state index contributed by atoms with van der Waals surface area (Å²) in [6.07, 6.45) is 6.57. The van der Waals surface area contributed by atoms with Crippen LogP contribution in [0.5, 0.6) is 0 Å². The second-order valence-electron chi connectivity index (χ2n) is 6.09. The molecule has 5 unspecified atom stereocenters. The van der Waals surface area contributed by atoms with Gasteiger partial charge in [-0.2, -0.15) is 0 Å². The molecule has 1 aliphatic heterocycles. The van der Waals surface area contributed by atoms with E-state index in [2.05, 4.69) is 13.8 Å². The Balaban J connectivity index is 2.02. The average Bonchev–Trinajstić information content (AvgIpc) is 2.95. The van der Waals surface area contributed by atoms with Gasteiger partial charge >= 0.3 is 0 Å². The number of hydrogen-bond donors (Lipinski definition) is 2. The van der Waals surface area contributed by atoms with Crippen molar-refractivity contribution < 1.29 is 9.84 Å². The van der Waals surface area contributed by atoms with Gasteiger partial charge in [0.05, 0.1) is 18.3 Å². The lowest BCUT2D eigenvalue weighted by molar-refractivity contribution is -0.0861. The number of aliphatic hydroxyl groups excluding tert-OH is 1. The molecule has 0 amide bonds. The molecule has 2 aliphatic rings. The predicted octanol–water partition coefficient (Wildman–Crippen LogP) is 2.07. The van der Waals surface area contributed by atoms with Gasteiger partial charge < -0.3 is 15.6 Å². The van der Waals surface area contributed by atoms with E-state index in [0.29, 0.717) is 12.6 Å². The Labute approximate surface area is 105 Å². The molecule has 0 radical (unpaired) electrons. The van der Waals surface area contributed by atoms with Crippen LogP contribution in [-0.4, -0.2) is 30.0 Å². The molecular weight excluding hydrogens is 214 g/mol. The van der Waals surface area contributed by atoms with Gasteiger partial charge in [-0.3, -0.25) is 0 Å². The van der Waals surface area contributed by atoms with Crippen molar-refractivity contribution in [2.24, 2.45) is 17.1 Å². The average molecular weight is 241 g/mol. The summed E-state index contributed by atoms with van der Waals surface area (Å²) in [6.45, 7) is 4.92. The highest BCUT2D eigenvalue weighted by molar-refractivity contribution is 4.98. The molecule has 1 saturated carbocycles. The maximum atomic E-state index is 10.6. The van der Waals surface area contributed by atoms with Gasteiger partial charge in [0.25, 0.3) is 0 Å².